The maximum absolute atomic E-state index is 12.4. The summed E-state index contributed by atoms with van der Waals surface area (Å²) in [5.74, 6) is -1.60. The summed E-state index contributed by atoms with van der Waals surface area (Å²) in [4.78, 5) is 23.1. The van der Waals surface area contributed by atoms with Crippen LogP contribution in [0.1, 0.15) is 12.8 Å². The lowest BCUT2D eigenvalue weighted by Crippen LogP contribution is -2.39. The van der Waals surface area contributed by atoms with Gasteiger partial charge < -0.3 is 10.0 Å². The topological polar surface area (TPSA) is 57.6 Å². The predicted octanol–water partition coefficient (Wildman–Crippen LogP) is 0.835. The number of carbonyl (C=O) groups excluding carboxylic acids is 1. The molecular weight excluding hydrogens is 201 g/mol. The number of carboxylic acids is 1. The highest BCUT2D eigenvalue weighted by Gasteiger charge is 2.22. The number of piperidine rings is 1. The van der Waals surface area contributed by atoms with Crippen LogP contribution < -0.4 is 0 Å². The molecule has 0 bridgehead atoms. The predicted molar refractivity (Wildman–Crippen MR) is 52.1 cm³/mol. The largest absolute Gasteiger partial charge is 0.478 e. The van der Waals surface area contributed by atoms with Gasteiger partial charge in [-0.1, -0.05) is 0 Å². The Labute approximate surface area is 87.4 Å². The molecule has 1 saturated heterocycles. The average molecular weight is 215 g/mol. The molecule has 15 heavy (non-hydrogen) atoms. The smallest absolute Gasteiger partial charge is 0.328 e. The third-order valence-electron chi connectivity index (χ3n) is 2.42. The molecular formula is C10H14FNO3. The standard InChI is InChI=1S/C10H14FNO3/c11-6-8-2-1-5-12(7-8)9(13)3-4-10(14)15/h3-4,8H,1-2,5-7H2,(H,14,15)/b4-3+/t8-/m0/s1. The molecule has 1 aliphatic rings. The summed E-state index contributed by atoms with van der Waals surface area (Å²) in [6.45, 7) is 0.547. The number of carbonyl (C=O) groups is 2. The Balaban J connectivity index is 2.48. The van der Waals surface area contributed by atoms with Crippen LogP contribution in [0.4, 0.5) is 4.39 Å². The number of hydrogen-bond acceptors (Lipinski definition) is 2. The number of aliphatic carboxylic acids is 1. The van der Waals surface area contributed by atoms with E-state index >= 15 is 0 Å². The molecule has 84 valence electrons. The normalized spacial score (nSPS) is 21.9. The first kappa shape index (κ1) is 11.7. The maximum atomic E-state index is 12.4. The van der Waals surface area contributed by atoms with Crippen molar-refractivity contribution in [1.82, 2.24) is 4.90 Å². The molecule has 1 N–H and O–H groups in total. The van der Waals surface area contributed by atoms with Crippen LogP contribution in [0, 0.1) is 5.92 Å². The van der Waals surface area contributed by atoms with E-state index in [0.29, 0.717) is 13.1 Å². The third-order valence-corrected chi connectivity index (χ3v) is 2.42. The molecule has 0 aromatic heterocycles. The van der Waals surface area contributed by atoms with E-state index in [4.69, 9.17) is 5.11 Å². The average Bonchev–Trinajstić information content (AvgIpc) is 2.26. The van der Waals surface area contributed by atoms with Crippen molar-refractivity contribution in [2.24, 2.45) is 5.92 Å². The molecule has 1 heterocycles. The summed E-state index contributed by atoms with van der Waals surface area (Å²) in [6.07, 6.45) is 3.40. The van der Waals surface area contributed by atoms with Gasteiger partial charge in [-0.15, -0.1) is 0 Å². The van der Waals surface area contributed by atoms with E-state index in [2.05, 4.69) is 0 Å². The molecule has 0 aliphatic carbocycles. The fraction of sp³-hybridized carbons (Fsp3) is 0.600. The molecule has 1 rings (SSSR count). The minimum absolute atomic E-state index is 0.0964. The second-order valence-corrected chi connectivity index (χ2v) is 3.62. The minimum atomic E-state index is -1.15. The molecule has 0 aromatic carbocycles. The second-order valence-electron chi connectivity index (χ2n) is 3.62. The number of rotatable bonds is 3. The molecule has 1 atom stereocenters. The highest BCUT2D eigenvalue weighted by atomic mass is 19.1. The number of amides is 1. The number of likely N-dealkylation sites (tertiary alicyclic amines) is 1. The van der Waals surface area contributed by atoms with Gasteiger partial charge in [-0.05, 0) is 12.8 Å². The van der Waals surface area contributed by atoms with Crippen molar-refractivity contribution in [2.75, 3.05) is 19.8 Å². The van der Waals surface area contributed by atoms with Crippen molar-refractivity contribution in [2.45, 2.75) is 12.8 Å². The van der Waals surface area contributed by atoms with Gasteiger partial charge in [0.05, 0.1) is 6.67 Å². The Kier molecular flexibility index (Phi) is 4.27. The van der Waals surface area contributed by atoms with Crippen molar-refractivity contribution in [3.63, 3.8) is 0 Å². The molecule has 4 nitrogen and oxygen atoms in total. The lowest BCUT2D eigenvalue weighted by Gasteiger charge is -2.30. The van der Waals surface area contributed by atoms with Gasteiger partial charge in [0.15, 0.2) is 0 Å². The molecule has 0 spiro atoms. The fourth-order valence-electron chi connectivity index (χ4n) is 1.64. The Morgan fingerprint density at radius 1 is 1.47 bits per heavy atom. The SMILES string of the molecule is O=C(O)/C=C/C(=O)N1CCC[C@@H](CF)C1. The first-order chi connectivity index (χ1) is 7.13. The van der Waals surface area contributed by atoms with E-state index in [9.17, 15) is 14.0 Å². The number of nitrogens with zero attached hydrogens (tertiary/aromatic N) is 1. The quantitative estimate of drug-likeness (QED) is 0.709. The fourth-order valence-corrected chi connectivity index (χ4v) is 1.64. The molecule has 1 aliphatic heterocycles. The molecule has 0 aromatic rings. The minimum Gasteiger partial charge on any atom is -0.478 e. The van der Waals surface area contributed by atoms with Gasteiger partial charge >= 0.3 is 5.97 Å². The number of halogens is 1. The summed E-state index contributed by atoms with van der Waals surface area (Å²) in [6, 6.07) is 0. The van der Waals surface area contributed by atoms with Crippen LogP contribution in [-0.4, -0.2) is 41.6 Å². The van der Waals surface area contributed by atoms with Crippen molar-refractivity contribution in [3.8, 4) is 0 Å². The zero-order chi connectivity index (χ0) is 11.3. The van der Waals surface area contributed by atoms with E-state index < -0.39 is 12.6 Å². The summed E-state index contributed by atoms with van der Waals surface area (Å²) in [5, 5.41) is 8.34. The van der Waals surface area contributed by atoms with Crippen LogP contribution in [0.2, 0.25) is 0 Å². The van der Waals surface area contributed by atoms with Crippen molar-refractivity contribution < 1.29 is 19.1 Å². The maximum Gasteiger partial charge on any atom is 0.328 e. The summed E-state index contributed by atoms with van der Waals surface area (Å²) in [5.41, 5.74) is 0. The summed E-state index contributed by atoms with van der Waals surface area (Å²) >= 11 is 0. The van der Waals surface area contributed by atoms with E-state index in [1.54, 1.807) is 0 Å². The van der Waals surface area contributed by atoms with Crippen LogP contribution in [0.25, 0.3) is 0 Å². The zero-order valence-electron chi connectivity index (χ0n) is 8.36. The van der Waals surface area contributed by atoms with Crippen molar-refractivity contribution in [1.29, 1.82) is 0 Å². The Morgan fingerprint density at radius 2 is 2.20 bits per heavy atom. The number of hydrogen-bond donors (Lipinski definition) is 1. The van der Waals surface area contributed by atoms with Gasteiger partial charge in [0, 0.05) is 31.2 Å². The second kappa shape index (κ2) is 5.48. The first-order valence-electron chi connectivity index (χ1n) is 4.89. The molecule has 1 fully saturated rings. The Bertz CT molecular complexity index is 278. The zero-order valence-corrected chi connectivity index (χ0v) is 8.36. The highest BCUT2D eigenvalue weighted by molar-refractivity contribution is 5.93. The summed E-state index contributed by atoms with van der Waals surface area (Å²) in [7, 11) is 0. The van der Waals surface area contributed by atoms with Crippen LogP contribution in [0.5, 0.6) is 0 Å². The first-order valence-corrected chi connectivity index (χ1v) is 4.89. The van der Waals surface area contributed by atoms with Gasteiger partial charge in [-0.2, -0.15) is 0 Å². The van der Waals surface area contributed by atoms with Gasteiger partial charge in [-0.3, -0.25) is 9.18 Å². The lowest BCUT2D eigenvalue weighted by molar-refractivity contribution is -0.132. The van der Waals surface area contributed by atoms with Gasteiger partial charge in [0.1, 0.15) is 0 Å². The van der Waals surface area contributed by atoms with Gasteiger partial charge in [-0.25, -0.2) is 4.79 Å². The van der Waals surface area contributed by atoms with Crippen molar-refractivity contribution in [3.05, 3.63) is 12.2 Å². The molecule has 5 heteroatoms. The van der Waals surface area contributed by atoms with E-state index in [1.807, 2.05) is 0 Å². The van der Waals surface area contributed by atoms with E-state index in [1.165, 1.54) is 4.90 Å². The number of carboxylic acid groups (broad SMARTS) is 1. The Hall–Kier alpha value is -1.39. The van der Waals surface area contributed by atoms with Crippen LogP contribution >= 0.6 is 0 Å². The molecule has 0 saturated carbocycles. The monoisotopic (exact) mass is 215 g/mol. The van der Waals surface area contributed by atoms with Crippen LogP contribution in [-0.2, 0) is 9.59 Å². The molecule has 0 radical (unpaired) electrons. The third kappa shape index (κ3) is 3.69. The Morgan fingerprint density at radius 3 is 2.80 bits per heavy atom. The van der Waals surface area contributed by atoms with Crippen LogP contribution in [0.3, 0.4) is 0 Å². The van der Waals surface area contributed by atoms with Crippen molar-refractivity contribution >= 4 is 11.9 Å². The molecule has 1 amide bonds. The van der Waals surface area contributed by atoms with Gasteiger partial charge in [0.25, 0.3) is 0 Å². The lowest BCUT2D eigenvalue weighted by atomic mass is 9.99. The van der Waals surface area contributed by atoms with Crippen LogP contribution in [0.15, 0.2) is 12.2 Å². The van der Waals surface area contributed by atoms with E-state index in [-0.39, 0.29) is 11.8 Å². The van der Waals surface area contributed by atoms with E-state index in [0.717, 1.165) is 25.0 Å². The highest BCUT2D eigenvalue weighted by Crippen LogP contribution is 2.16. The van der Waals surface area contributed by atoms with Gasteiger partial charge in [0.2, 0.25) is 5.91 Å². The number of alkyl halides is 1. The summed E-state index contributed by atoms with van der Waals surface area (Å²) < 4.78 is 12.4. The molecule has 0 unspecified atom stereocenters.